The van der Waals surface area contributed by atoms with Gasteiger partial charge in [0.15, 0.2) is 0 Å². The number of ether oxygens (including phenoxy) is 2. The van der Waals surface area contributed by atoms with Gasteiger partial charge in [0.2, 0.25) is 5.91 Å². The first-order valence-corrected chi connectivity index (χ1v) is 16.3. The summed E-state index contributed by atoms with van der Waals surface area (Å²) in [5.74, 6) is 0.735. The van der Waals surface area contributed by atoms with E-state index >= 15 is 0 Å². The van der Waals surface area contributed by atoms with Crippen molar-refractivity contribution in [3.8, 4) is 5.75 Å². The lowest BCUT2D eigenvalue weighted by molar-refractivity contribution is -0.137. The van der Waals surface area contributed by atoms with E-state index in [-0.39, 0.29) is 29.3 Å². The summed E-state index contributed by atoms with van der Waals surface area (Å²) in [5.41, 5.74) is 2.70. The van der Waals surface area contributed by atoms with E-state index in [4.69, 9.17) is 21.1 Å². The molecule has 0 aliphatic carbocycles. The number of halogens is 4. The van der Waals surface area contributed by atoms with Crippen LogP contribution < -0.4 is 4.74 Å². The Balaban J connectivity index is 1.32. The van der Waals surface area contributed by atoms with Crippen molar-refractivity contribution in [2.45, 2.75) is 32.0 Å². The Hall–Kier alpha value is -3.85. The molecule has 1 amide bonds. The summed E-state index contributed by atoms with van der Waals surface area (Å²) >= 11 is 6.38. The Labute approximate surface area is 279 Å². The van der Waals surface area contributed by atoms with Gasteiger partial charge >= 0.3 is 6.18 Å². The molecule has 1 saturated heterocycles. The van der Waals surface area contributed by atoms with E-state index in [1.165, 1.54) is 6.07 Å². The van der Waals surface area contributed by atoms with Gasteiger partial charge in [-0.15, -0.1) is 0 Å². The maximum Gasteiger partial charge on any atom is 0.417 e. The van der Waals surface area contributed by atoms with Gasteiger partial charge in [0.1, 0.15) is 5.75 Å². The standard InChI is InChI=1S/C38H40ClF3N2O3/c1-28(27-47-33-16-8-10-29(22-33)23-36(45)44-18-20-46-21-19-44)24-43(25-32-15-9-17-35(37(32)39)38(40,41)42)26-34(30-11-4-2-5-12-30)31-13-6-3-7-14-31/h2-17,22,28,34H,18-21,23-27H2,1H3. The van der Waals surface area contributed by atoms with Crippen molar-refractivity contribution in [1.29, 1.82) is 0 Å². The van der Waals surface area contributed by atoms with E-state index in [1.54, 1.807) is 6.07 Å². The molecule has 4 aromatic rings. The molecule has 9 heteroatoms. The number of morpholine rings is 1. The molecule has 0 bridgehead atoms. The predicted octanol–water partition coefficient (Wildman–Crippen LogP) is 8.11. The summed E-state index contributed by atoms with van der Waals surface area (Å²) in [6.07, 6.45) is -4.25. The highest BCUT2D eigenvalue weighted by Gasteiger charge is 2.34. The van der Waals surface area contributed by atoms with Crippen LogP contribution >= 0.6 is 11.6 Å². The maximum atomic E-state index is 13.7. The number of hydrogen-bond acceptors (Lipinski definition) is 4. The number of nitrogens with zero attached hydrogens (tertiary/aromatic N) is 2. The Bertz CT molecular complexity index is 1540. The lowest BCUT2D eigenvalue weighted by atomic mass is 9.90. The molecule has 1 aliphatic heterocycles. The van der Waals surface area contributed by atoms with Crippen molar-refractivity contribution in [1.82, 2.24) is 9.80 Å². The lowest BCUT2D eigenvalue weighted by Crippen LogP contribution is -2.41. The maximum absolute atomic E-state index is 13.7. The summed E-state index contributed by atoms with van der Waals surface area (Å²) < 4.78 is 52.8. The Morgan fingerprint density at radius 1 is 0.894 bits per heavy atom. The van der Waals surface area contributed by atoms with Crippen LogP contribution in [-0.2, 0) is 28.7 Å². The fourth-order valence-corrected chi connectivity index (χ4v) is 6.27. The molecule has 5 nitrogen and oxygen atoms in total. The normalized spacial score (nSPS) is 14.4. The van der Waals surface area contributed by atoms with Crippen LogP contribution in [0.15, 0.2) is 103 Å². The van der Waals surface area contributed by atoms with Crippen molar-refractivity contribution in [2.75, 3.05) is 46.0 Å². The molecule has 1 fully saturated rings. The van der Waals surface area contributed by atoms with Crippen molar-refractivity contribution < 1.29 is 27.4 Å². The van der Waals surface area contributed by atoms with Gasteiger partial charge in [-0.2, -0.15) is 13.2 Å². The average molecular weight is 665 g/mol. The number of amides is 1. The van der Waals surface area contributed by atoms with Crippen LogP contribution in [0.5, 0.6) is 5.75 Å². The third kappa shape index (κ3) is 9.83. The molecule has 1 unspecified atom stereocenters. The highest BCUT2D eigenvalue weighted by atomic mass is 35.5. The number of benzene rings is 4. The predicted molar refractivity (Wildman–Crippen MR) is 179 cm³/mol. The van der Waals surface area contributed by atoms with Crippen molar-refractivity contribution in [3.05, 3.63) is 136 Å². The molecule has 0 N–H and O–H groups in total. The number of rotatable bonds is 13. The Kier molecular flexibility index (Phi) is 12.0. The topological polar surface area (TPSA) is 42.0 Å². The summed E-state index contributed by atoms with van der Waals surface area (Å²) in [5, 5.41) is -0.270. The largest absolute Gasteiger partial charge is 0.493 e. The summed E-state index contributed by atoms with van der Waals surface area (Å²) in [6, 6.07) is 31.9. The van der Waals surface area contributed by atoms with Gasteiger partial charge in [-0.25, -0.2) is 0 Å². The minimum Gasteiger partial charge on any atom is -0.493 e. The Morgan fingerprint density at radius 2 is 1.53 bits per heavy atom. The van der Waals surface area contributed by atoms with Crippen molar-refractivity contribution in [2.24, 2.45) is 5.92 Å². The smallest absolute Gasteiger partial charge is 0.417 e. The van der Waals surface area contributed by atoms with Crippen molar-refractivity contribution in [3.63, 3.8) is 0 Å². The Morgan fingerprint density at radius 3 is 2.17 bits per heavy atom. The second-order valence-corrected chi connectivity index (χ2v) is 12.5. The quantitative estimate of drug-likeness (QED) is 0.145. The summed E-state index contributed by atoms with van der Waals surface area (Å²) in [4.78, 5) is 16.7. The number of carbonyl (C=O) groups excluding carboxylic acids is 1. The fraction of sp³-hybridized carbons (Fsp3) is 0.342. The van der Waals surface area contributed by atoms with Crippen LogP contribution in [0.2, 0.25) is 5.02 Å². The minimum absolute atomic E-state index is 0.0178. The van der Waals surface area contributed by atoms with Crippen LogP contribution in [-0.4, -0.2) is 61.7 Å². The molecular formula is C38H40ClF3N2O3. The number of alkyl halides is 3. The van der Waals surface area contributed by atoms with E-state index < -0.39 is 11.7 Å². The van der Waals surface area contributed by atoms with Gasteiger partial charge in [-0.05, 0) is 40.5 Å². The highest BCUT2D eigenvalue weighted by Crippen LogP contribution is 2.37. The minimum atomic E-state index is -4.54. The number of carbonyl (C=O) groups is 1. The van der Waals surface area contributed by atoms with Gasteiger partial charge in [-0.3, -0.25) is 9.69 Å². The van der Waals surface area contributed by atoms with E-state index in [0.717, 1.165) is 22.8 Å². The van der Waals surface area contributed by atoms with Crippen LogP contribution in [0, 0.1) is 5.92 Å². The first-order chi connectivity index (χ1) is 22.7. The fourth-order valence-electron chi connectivity index (χ4n) is 5.97. The van der Waals surface area contributed by atoms with E-state index in [1.807, 2.05) is 65.6 Å². The summed E-state index contributed by atoms with van der Waals surface area (Å²) in [7, 11) is 0. The monoisotopic (exact) mass is 664 g/mol. The van der Waals surface area contributed by atoms with Gasteiger partial charge in [0, 0.05) is 44.6 Å². The first kappa shape index (κ1) is 34.5. The molecule has 1 aliphatic rings. The molecular weight excluding hydrogens is 625 g/mol. The zero-order valence-electron chi connectivity index (χ0n) is 26.5. The second-order valence-electron chi connectivity index (χ2n) is 12.1. The van der Waals surface area contributed by atoms with Crippen molar-refractivity contribution >= 4 is 17.5 Å². The van der Waals surface area contributed by atoms with Crippen LogP contribution in [0.4, 0.5) is 13.2 Å². The third-order valence-electron chi connectivity index (χ3n) is 8.34. The van der Waals surface area contributed by atoms with Crippen LogP contribution in [0.25, 0.3) is 0 Å². The second kappa shape index (κ2) is 16.3. The molecule has 1 atom stereocenters. The van der Waals surface area contributed by atoms with Gasteiger partial charge in [-0.1, -0.05) is 103 Å². The molecule has 1 heterocycles. The molecule has 0 radical (unpaired) electrons. The zero-order chi connectivity index (χ0) is 33.2. The average Bonchev–Trinajstić information content (AvgIpc) is 3.08. The molecule has 248 valence electrons. The van der Waals surface area contributed by atoms with Crippen LogP contribution in [0.3, 0.4) is 0 Å². The zero-order valence-corrected chi connectivity index (χ0v) is 27.2. The third-order valence-corrected chi connectivity index (χ3v) is 8.79. The highest BCUT2D eigenvalue weighted by molar-refractivity contribution is 6.32. The first-order valence-electron chi connectivity index (χ1n) is 15.9. The molecule has 5 rings (SSSR count). The molecule has 0 saturated carbocycles. The number of hydrogen-bond donors (Lipinski definition) is 0. The van der Waals surface area contributed by atoms with E-state index in [0.29, 0.717) is 63.7 Å². The molecule has 4 aromatic carbocycles. The molecule has 0 spiro atoms. The van der Waals surface area contributed by atoms with E-state index in [9.17, 15) is 18.0 Å². The van der Waals surface area contributed by atoms with Gasteiger partial charge in [0.25, 0.3) is 0 Å². The summed E-state index contributed by atoms with van der Waals surface area (Å²) in [6.45, 7) is 6.11. The van der Waals surface area contributed by atoms with E-state index in [2.05, 4.69) is 36.1 Å². The molecule has 0 aromatic heterocycles. The lowest BCUT2D eigenvalue weighted by Gasteiger charge is -2.31. The molecule has 47 heavy (non-hydrogen) atoms. The van der Waals surface area contributed by atoms with Gasteiger partial charge in [0.05, 0.1) is 36.8 Å². The van der Waals surface area contributed by atoms with Gasteiger partial charge < -0.3 is 14.4 Å². The SMILES string of the molecule is CC(COc1cccc(CC(=O)N2CCOCC2)c1)CN(Cc1cccc(C(F)(F)F)c1Cl)CC(c1ccccc1)c1ccccc1. The van der Waals surface area contributed by atoms with Crippen LogP contribution in [0.1, 0.15) is 40.7 Å².